The summed E-state index contributed by atoms with van der Waals surface area (Å²) in [7, 11) is 0. The second-order valence-corrected chi connectivity index (χ2v) is 11.0. The number of ether oxygens (including phenoxy) is 1. The minimum atomic E-state index is -0.263. The molecule has 5 nitrogen and oxygen atoms in total. The van der Waals surface area contributed by atoms with Crippen molar-refractivity contribution in [3.05, 3.63) is 45.0 Å². The summed E-state index contributed by atoms with van der Waals surface area (Å²) in [6.45, 7) is 9.55. The molecule has 4 rings (SSSR count). The van der Waals surface area contributed by atoms with Crippen molar-refractivity contribution in [2.45, 2.75) is 65.9 Å². The topological polar surface area (TPSA) is 66.8 Å². The van der Waals surface area contributed by atoms with Crippen LogP contribution in [0.2, 0.25) is 0 Å². The summed E-state index contributed by atoms with van der Waals surface area (Å²) in [5, 5.41) is 10.2. The molecule has 1 aromatic carbocycles. The predicted octanol–water partition coefficient (Wildman–Crippen LogP) is 6.11. The highest BCUT2D eigenvalue weighted by Gasteiger charge is 2.56. The summed E-state index contributed by atoms with van der Waals surface area (Å²) in [4.78, 5) is 27.8. The van der Waals surface area contributed by atoms with Crippen LogP contribution < -0.4 is 0 Å². The molecule has 0 saturated carbocycles. The number of fused-ring (bicyclic) bond motifs is 3. The molecule has 2 amide bonds. The average Bonchev–Trinajstić information content (AvgIpc) is 3.33. The smallest absolute Gasteiger partial charge is 0.233 e. The third-order valence-electron chi connectivity index (χ3n) is 7.71. The van der Waals surface area contributed by atoms with E-state index >= 15 is 0 Å². The zero-order valence-electron chi connectivity index (χ0n) is 20.6. The zero-order valence-corrected chi connectivity index (χ0v) is 22.2. The number of carbonyl (C=O) groups is 2. The third-order valence-corrected chi connectivity index (χ3v) is 8.20. The highest BCUT2D eigenvalue weighted by Crippen LogP contribution is 2.51. The Bertz CT molecular complexity index is 1030. The van der Waals surface area contributed by atoms with Gasteiger partial charge < -0.3 is 9.84 Å². The summed E-state index contributed by atoms with van der Waals surface area (Å²) in [6, 6.07) is 5.46. The lowest BCUT2D eigenvalue weighted by molar-refractivity contribution is -0.140. The Morgan fingerprint density at radius 2 is 2.00 bits per heavy atom. The molecule has 2 saturated heterocycles. The van der Waals surface area contributed by atoms with Gasteiger partial charge in [-0.2, -0.15) is 0 Å². The molecule has 3 aliphatic rings. The van der Waals surface area contributed by atoms with Gasteiger partial charge in [0, 0.05) is 22.5 Å². The molecule has 4 atom stereocenters. The number of allylic oxidation sites excluding steroid dienone is 2. The van der Waals surface area contributed by atoms with Gasteiger partial charge in [-0.3, -0.25) is 14.5 Å². The predicted molar refractivity (Wildman–Crippen MR) is 137 cm³/mol. The van der Waals surface area contributed by atoms with Crippen molar-refractivity contribution in [3.8, 4) is 5.75 Å². The molecule has 2 aliphatic heterocycles. The van der Waals surface area contributed by atoms with E-state index in [-0.39, 0.29) is 41.4 Å². The van der Waals surface area contributed by atoms with Gasteiger partial charge in [0.15, 0.2) is 0 Å². The van der Waals surface area contributed by atoms with Crippen LogP contribution in [0.25, 0.3) is 6.08 Å². The van der Waals surface area contributed by atoms with Crippen LogP contribution in [0, 0.1) is 23.7 Å². The molecule has 1 aliphatic carbocycles. The summed E-state index contributed by atoms with van der Waals surface area (Å²) >= 11 is 3.48. The van der Waals surface area contributed by atoms with Crippen molar-refractivity contribution < 1.29 is 19.4 Å². The molecule has 2 heterocycles. The number of amides is 2. The lowest BCUT2D eigenvalue weighted by atomic mass is 9.67. The molecule has 6 heteroatoms. The van der Waals surface area contributed by atoms with Gasteiger partial charge in [-0.1, -0.05) is 60.8 Å². The molecule has 0 spiro atoms. The molecular formula is C28H36BrNO4. The van der Waals surface area contributed by atoms with Crippen LogP contribution in [-0.4, -0.2) is 41.1 Å². The number of aromatic hydroxyl groups is 1. The van der Waals surface area contributed by atoms with Crippen LogP contribution in [0.1, 0.15) is 65.4 Å². The minimum Gasteiger partial charge on any atom is -0.507 e. The number of rotatable bonds is 8. The number of likely N-dealkylation sites (tertiary alicyclic amines) is 1. The van der Waals surface area contributed by atoms with Crippen LogP contribution in [0.15, 0.2) is 39.4 Å². The van der Waals surface area contributed by atoms with Crippen LogP contribution in [0.4, 0.5) is 0 Å². The zero-order chi connectivity index (χ0) is 24.6. The standard InChI is InChI=1S/C28H36BrNO4/c1-5-11-30-27(32)21-14-20(16(3)4)25-22(26(21)28(30)33)15-34-24(25)10-7-17(6-2)12-18-13-19(29)8-9-23(18)31/h8-9,12-13,16,21-22,24,26,31H,5-7,10-11,14-15H2,1-4H3/b17-12+/t21-,22+,24-,26-/m1/s1. The van der Waals surface area contributed by atoms with Crippen molar-refractivity contribution in [3.63, 3.8) is 0 Å². The van der Waals surface area contributed by atoms with Crippen molar-refractivity contribution >= 4 is 33.8 Å². The van der Waals surface area contributed by atoms with E-state index in [1.165, 1.54) is 21.6 Å². The van der Waals surface area contributed by atoms with E-state index in [2.05, 4.69) is 42.8 Å². The van der Waals surface area contributed by atoms with Gasteiger partial charge in [0.1, 0.15) is 5.75 Å². The maximum Gasteiger partial charge on any atom is 0.233 e. The number of carbonyl (C=O) groups excluding carboxylic acids is 2. The first-order chi connectivity index (χ1) is 16.3. The first kappa shape index (κ1) is 25.2. The quantitative estimate of drug-likeness (QED) is 0.325. The normalized spacial score (nSPS) is 27.1. The van der Waals surface area contributed by atoms with Crippen molar-refractivity contribution in [1.82, 2.24) is 4.90 Å². The molecule has 2 fully saturated rings. The molecule has 0 unspecified atom stereocenters. The van der Waals surface area contributed by atoms with Gasteiger partial charge in [-0.05, 0) is 61.8 Å². The Balaban J connectivity index is 1.57. The molecule has 1 aromatic rings. The van der Waals surface area contributed by atoms with Crippen LogP contribution in [0.5, 0.6) is 5.75 Å². The van der Waals surface area contributed by atoms with E-state index in [1.807, 2.05) is 19.1 Å². The van der Waals surface area contributed by atoms with Gasteiger partial charge in [0.05, 0.1) is 24.5 Å². The molecule has 0 aromatic heterocycles. The fourth-order valence-corrected chi connectivity index (χ4v) is 6.38. The fraction of sp³-hybridized carbons (Fsp3) is 0.571. The van der Waals surface area contributed by atoms with Gasteiger partial charge in [0.2, 0.25) is 11.8 Å². The Kier molecular flexibility index (Phi) is 7.68. The number of hydrogen-bond donors (Lipinski definition) is 1. The number of hydrogen-bond acceptors (Lipinski definition) is 4. The lowest BCUT2D eigenvalue weighted by Gasteiger charge is -2.33. The van der Waals surface area contributed by atoms with E-state index in [0.29, 0.717) is 25.5 Å². The first-order valence-corrected chi connectivity index (χ1v) is 13.4. The molecule has 0 bridgehead atoms. The van der Waals surface area contributed by atoms with E-state index in [9.17, 15) is 14.7 Å². The third kappa shape index (κ3) is 4.64. The van der Waals surface area contributed by atoms with Crippen LogP contribution in [-0.2, 0) is 14.3 Å². The Morgan fingerprint density at radius 3 is 2.68 bits per heavy atom. The van der Waals surface area contributed by atoms with Crippen molar-refractivity contribution in [2.24, 2.45) is 23.7 Å². The second kappa shape index (κ2) is 10.4. The second-order valence-electron chi connectivity index (χ2n) is 10.1. The highest BCUT2D eigenvalue weighted by atomic mass is 79.9. The summed E-state index contributed by atoms with van der Waals surface area (Å²) in [6.07, 6.45) is 6.12. The Morgan fingerprint density at radius 1 is 1.24 bits per heavy atom. The number of benzene rings is 1. The fourth-order valence-electron chi connectivity index (χ4n) is 6.00. The van der Waals surface area contributed by atoms with E-state index in [4.69, 9.17) is 4.74 Å². The van der Waals surface area contributed by atoms with Crippen LogP contribution >= 0.6 is 15.9 Å². The number of nitrogens with zero attached hydrogens (tertiary/aromatic N) is 1. The SMILES string of the molecule is CCCN1C(=O)[C@@H]2[C@@H](CC(C(C)C)=C3[C@@H](CC/C(=C/c4cc(Br)ccc4O)CC)OC[C@@H]32)C1=O. The van der Waals surface area contributed by atoms with Crippen molar-refractivity contribution in [1.29, 1.82) is 0 Å². The number of phenols is 1. The van der Waals surface area contributed by atoms with E-state index in [0.717, 1.165) is 35.7 Å². The highest BCUT2D eigenvalue weighted by molar-refractivity contribution is 9.10. The number of phenolic OH excluding ortho intramolecular Hbond substituents is 1. The van der Waals surface area contributed by atoms with Gasteiger partial charge in [-0.25, -0.2) is 0 Å². The van der Waals surface area contributed by atoms with E-state index < -0.39 is 0 Å². The van der Waals surface area contributed by atoms with Crippen LogP contribution in [0.3, 0.4) is 0 Å². The Hall–Kier alpha value is -1.92. The van der Waals surface area contributed by atoms with E-state index in [1.54, 1.807) is 6.07 Å². The minimum absolute atomic E-state index is 0.00526. The molecular weight excluding hydrogens is 494 g/mol. The maximum atomic E-state index is 13.2. The first-order valence-electron chi connectivity index (χ1n) is 12.6. The monoisotopic (exact) mass is 529 g/mol. The van der Waals surface area contributed by atoms with Gasteiger partial charge >= 0.3 is 0 Å². The molecule has 184 valence electrons. The number of halogens is 1. The average molecular weight is 531 g/mol. The number of imide groups is 1. The summed E-state index contributed by atoms with van der Waals surface area (Å²) in [5.41, 5.74) is 4.67. The largest absolute Gasteiger partial charge is 0.507 e. The van der Waals surface area contributed by atoms with Gasteiger partial charge in [-0.15, -0.1) is 0 Å². The molecule has 0 radical (unpaired) electrons. The van der Waals surface area contributed by atoms with Crippen molar-refractivity contribution in [2.75, 3.05) is 13.2 Å². The maximum absolute atomic E-state index is 13.2. The molecule has 1 N–H and O–H groups in total. The molecule has 34 heavy (non-hydrogen) atoms. The lowest BCUT2D eigenvalue weighted by Crippen LogP contribution is -2.35. The summed E-state index contributed by atoms with van der Waals surface area (Å²) < 4.78 is 7.27. The summed E-state index contributed by atoms with van der Waals surface area (Å²) in [5.74, 6) is 0.149. The van der Waals surface area contributed by atoms with Gasteiger partial charge in [0.25, 0.3) is 0 Å². The Labute approximate surface area is 211 Å².